The Morgan fingerprint density at radius 1 is 1.19 bits per heavy atom. The fourth-order valence-electron chi connectivity index (χ4n) is 2.68. The zero-order chi connectivity index (χ0) is 17.9. The number of thiazole rings is 1. The van der Waals surface area contributed by atoms with Crippen molar-refractivity contribution in [2.75, 3.05) is 18.0 Å². The van der Waals surface area contributed by atoms with Crippen LogP contribution in [0.5, 0.6) is 0 Å². The lowest BCUT2D eigenvalue weighted by Gasteiger charge is -2.18. The van der Waals surface area contributed by atoms with Crippen molar-refractivity contribution in [3.63, 3.8) is 0 Å². The number of rotatable bonds is 6. The molecule has 1 aromatic carbocycles. The Bertz CT molecular complexity index is 987. The predicted molar refractivity (Wildman–Crippen MR) is 107 cm³/mol. The standard InChI is InChI=1S/C19H17N3O2S2/c20-8-4-9-22(18(23)17-7-3-10-25-17)19-21-14(12-26-19)16-11-13-5-1-2-6-15(13)24-16/h1-3,5-7,10-12H,4,8-9,20H2. The number of hydrogen-bond donors (Lipinski definition) is 1. The third-order valence-electron chi connectivity index (χ3n) is 3.96. The van der Waals surface area contributed by atoms with Crippen molar-refractivity contribution >= 4 is 44.7 Å². The quantitative estimate of drug-likeness (QED) is 0.527. The maximum absolute atomic E-state index is 12.8. The number of para-hydroxylation sites is 1. The second-order valence-corrected chi connectivity index (χ2v) is 7.52. The van der Waals surface area contributed by atoms with Crippen molar-refractivity contribution in [1.82, 2.24) is 4.98 Å². The summed E-state index contributed by atoms with van der Waals surface area (Å²) in [6, 6.07) is 13.5. The van der Waals surface area contributed by atoms with Gasteiger partial charge >= 0.3 is 0 Å². The van der Waals surface area contributed by atoms with E-state index in [-0.39, 0.29) is 5.91 Å². The Hall–Kier alpha value is -2.48. The molecular weight excluding hydrogens is 366 g/mol. The van der Waals surface area contributed by atoms with E-state index in [4.69, 9.17) is 10.2 Å². The van der Waals surface area contributed by atoms with E-state index in [1.807, 2.05) is 53.2 Å². The number of furan rings is 1. The van der Waals surface area contributed by atoms with Crippen LogP contribution in [0.3, 0.4) is 0 Å². The van der Waals surface area contributed by atoms with Gasteiger partial charge in [0.2, 0.25) is 0 Å². The minimum atomic E-state index is -0.0426. The zero-order valence-corrected chi connectivity index (χ0v) is 15.6. The lowest BCUT2D eigenvalue weighted by molar-refractivity contribution is 0.0990. The molecule has 4 aromatic rings. The van der Waals surface area contributed by atoms with Crippen molar-refractivity contribution in [3.8, 4) is 11.5 Å². The number of nitrogens with zero attached hydrogens (tertiary/aromatic N) is 2. The molecular formula is C19H17N3O2S2. The van der Waals surface area contributed by atoms with E-state index in [9.17, 15) is 4.79 Å². The first-order chi connectivity index (χ1) is 12.8. The SMILES string of the molecule is NCCCN(C(=O)c1cccs1)c1nc(-c2cc3ccccc3o2)cs1. The maximum atomic E-state index is 12.8. The first-order valence-corrected chi connectivity index (χ1v) is 10.0. The lowest BCUT2D eigenvalue weighted by atomic mass is 10.2. The fourth-order valence-corrected chi connectivity index (χ4v) is 4.19. The van der Waals surface area contributed by atoms with Crippen LogP contribution in [0.1, 0.15) is 16.1 Å². The molecule has 0 aliphatic heterocycles. The van der Waals surface area contributed by atoms with Gasteiger partial charge in [0.1, 0.15) is 11.3 Å². The molecule has 4 rings (SSSR count). The summed E-state index contributed by atoms with van der Waals surface area (Å²) in [4.78, 5) is 19.9. The molecule has 0 saturated heterocycles. The summed E-state index contributed by atoms with van der Waals surface area (Å²) in [5, 5.41) is 5.51. The van der Waals surface area contributed by atoms with Gasteiger partial charge in [-0.3, -0.25) is 9.69 Å². The third kappa shape index (κ3) is 3.29. The van der Waals surface area contributed by atoms with Gasteiger partial charge < -0.3 is 10.2 Å². The van der Waals surface area contributed by atoms with Gasteiger partial charge in [0.15, 0.2) is 10.9 Å². The number of hydrogen-bond acceptors (Lipinski definition) is 6. The second-order valence-electron chi connectivity index (χ2n) is 5.74. The molecule has 0 fully saturated rings. The summed E-state index contributed by atoms with van der Waals surface area (Å²) in [6.45, 7) is 1.07. The first kappa shape index (κ1) is 17.0. The van der Waals surface area contributed by atoms with E-state index in [0.717, 1.165) is 23.1 Å². The summed E-state index contributed by atoms with van der Waals surface area (Å²) in [6.07, 6.45) is 0.719. The van der Waals surface area contributed by atoms with Crippen molar-refractivity contribution in [2.45, 2.75) is 6.42 Å². The number of anilines is 1. The summed E-state index contributed by atoms with van der Waals surface area (Å²) in [7, 11) is 0. The van der Waals surface area contributed by atoms with Crippen LogP contribution in [0.15, 0.2) is 57.6 Å². The van der Waals surface area contributed by atoms with Crippen molar-refractivity contribution in [3.05, 3.63) is 58.1 Å². The Kier molecular flexibility index (Phi) is 4.83. The number of aromatic nitrogens is 1. The molecule has 0 bridgehead atoms. The van der Waals surface area contributed by atoms with Crippen LogP contribution in [0, 0.1) is 0 Å². The van der Waals surface area contributed by atoms with Crippen LogP contribution in [0.4, 0.5) is 5.13 Å². The van der Waals surface area contributed by atoms with Crippen LogP contribution in [0.25, 0.3) is 22.4 Å². The largest absolute Gasteiger partial charge is 0.454 e. The molecule has 132 valence electrons. The number of thiophene rings is 1. The van der Waals surface area contributed by atoms with Gasteiger partial charge in [-0.1, -0.05) is 24.3 Å². The summed E-state index contributed by atoms with van der Waals surface area (Å²) in [5.41, 5.74) is 7.21. The number of benzene rings is 1. The van der Waals surface area contributed by atoms with Gasteiger partial charge in [0.05, 0.1) is 4.88 Å². The molecule has 7 heteroatoms. The molecule has 0 unspecified atom stereocenters. The molecule has 26 heavy (non-hydrogen) atoms. The number of carbonyl (C=O) groups is 1. The Morgan fingerprint density at radius 2 is 2.08 bits per heavy atom. The van der Waals surface area contributed by atoms with Crippen LogP contribution in [-0.4, -0.2) is 24.0 Å². The molecule has 0 saturated carbocycles. The highest BCUT2D eigenvalue weighted by Gasteiger charge is 2.22. The first-order valence-electron chi connectivity index (χ1n) is 8.26. The molecule has 3 heterocycles. The highest BCUT2D eigenvalue weighted by atomic mass is 32.1. The third-order valence-corrected chi connectivity index (χ3v) is 5.69. The molecule has 0 aliphatic rings. The predicted octanol–water partition coefficient (Wildman–Crippen LogP) is 4.61. The highest BCUT2D eigenvalue weighted by molar-refractivity contribution is 7.14. The summed E-state index contributed by atoms with van der Waals surface area (Å²) < 4.78 is 5.88. The van der Waals surface area contributed by atoms with Gasteiger partial charge in [0, 0.05) is 17.3 Å². The monoisotopic (exact) mass is 383 g/mol. The Labute approximate surface area is 158 Å². The number of fused-ring (bicyclic) bond motifs is 1. The van der Waals surface area contributed by atoms with Gasteiger partial charge in [-0.2, -0.15) is 0 Å². The minimum Gasteiger partial charge on any atom is -0.454 e. The van der Waals surface area contributed by atoms with E-state index in [2.05, 4.69) is 4.98 Å². The lowest BCUT2D eigenvalue weighted by Crippen LogP contribution is -2.32. The van der Waals surface area contributed by atoms with E-state index >= 15 is 0 Å². The zero-order valence-electron chi connectivity index (χ0n) is 13.9. The maximum Gasteiger partial charge on any atom is 0.270 e. The van der Waals surface area contributed by atoms with Crippen LogP contribution in [0.2, 0.25) is 0 Å². The van der Waals surface area contributed by atoms with Crippen LogP contribution >= 0.6 is 22.7 Å². The van der Waals surface area contributed by atoms with Crippen LogP contribution in [-0.2, 0) is 0 Å². The second kappa shape index (κ2) is 7.41. The molecule has 5 nitrogen and oxygen atoms in total. The van der Waals surface area contributed by atoms with Gasteiger partial charge in [0.25, 0.3) is 5.91 Å². The Morgan fingerprint density at radius 3 is 2.85 bits per heavy atom. The van der Waals surface area contributed by atoms with E-state index in [1.165, 1.54) is 22.7 Å². The van der Waals surface area contributed by atoms with Crippen molar-refractivity contribution < 1.29 is 9.21 Å². The summed E-state index contributed by atoms with van der Waals surface area (Å²) in [5.74, 6) is 0.662. The van der Waals surface area contributed by atoms with Gasteiger partial charge in [-0.25, -0.2) is 4.98 Å². The molecule has 0 aliphatic carbocycles. The van der Waals surface area contributed by atoms with E-state index in [1.54, 1.807) is 4.90 Å². The molecule has 1 amide bonds. The number of carbonyl (C=O) groups excluding carboxylic acids is 1. The Balaban J connectivity index is 1.65. The smallest absolute Gasteiger partial charge is 0.270 e. The van der Waals surface area contributed by atoms with E-state index < -0.39 is 0 Å². The number of amides is 1. The molecule has 0 atom stereocenters. The van der Waals surface area contributed by atoms with Crippen molar-refractivity contribution in [2.24, 2.45) is 5.73 Å². The van der Waals surface area contributed by atoms with Crippen molar-refractivity contribution in [1.29, 1.82) is 0 Å². The average Bonchev–Trinajstić information content (AvgIpc) is 3.40. The molecule has 0 spiro atoms. The number of nitrogens with two attached hydrogens (primary N) is 1. The summed E-state index contributed by atoms with van der Waals surface area (Å²) >= 11 is 2.87. The highest BCUT2D eigenvalue weighted by Crippen LogP contribution is 2.32. The molecule has 3 aromatic heterocycles. The van der Waals surface area contributed by atoms with Crippen LogP contribution < -0.4 is 10.6 Å². The topological polar surface area (TPSA) is 72.4 Å². The minimum absolute atomic E-state index is 0.0426. The molecule has 2 N–H and O–H groups in total. The van der Waals surface area contributed by atoms with E-state index in [0.29, 0.717) is 28.9 Å². The normalized spacial score (nSPS) is 11.1. The van der Waals surface area contributed by atoms with Gasteiger partial charge in [-0.05, 0) is 36.5 Å². The van der Waals surface area contributed by atoms with Gasteiger partial charge in [-0.15, -0.1) is 22.7 Å². The fraction of sp³-hybridized carbons (Fsp3) is 0.158. The average molecular weight is 383 g/mol. The molecule has 0 radical (unpaired) electrons.